The average molecular weight is 309 g/mol. The van der Waals surface area contributed by atoms with Gasteiger partial charge in [-0.15, -0.1) is 0 Å². The highest BCUT2D eigenvalue weighted by Gasteiger charge is 2.17. The number of anilines is 1. The third kappa shape index (κ3) is 3.36. The Balaban J connectivity index is 3.16. The SMILES string of the molecule is COC(=O)Cc1c(N)cc(C(F)F)nc1CBr. The van der Waals surface area contributed by atoms with Gasteiger partial charge in [0.25, 0.3) is 6.43 Å². The van der Waals surface area contributed by atoms with Crippen LogP contribution < -0.4 is 5.73 Å². The fraction of sp³-hybridized carbons (Fsp3) is 0.400. The molecule has 0 aliphatic carbocycles. The van der Waals surface area contributed by atoms with Crippen molar-refractivity contribution in [2.45, 2.75) is 18.2 Å². The highest BCUT2D eigenvalue weighted by molar-refractivity contribution is 9.08. The predicted octanol–water partition coefficient (Wildman–Crippen LogP) is 2.21. The first-order valence-corrected chi connectivity index (χ1v) is 5.80. The minimum Gasteiger partial charge on any atom is -0.469 e. The molecule has 0 unspecified atom stereocenters. The fourth-order valence-electron chi connectivity index (χ4n) is 1.31. The molecule has 1 aromatic heterocycles. The van der Waals surface area contributed by atoms with Crippen molar-refractivity contribution in [3.05, 3.63) is 23.0 Å². The molecule has 0 fully saturated rings. The summed E-state index contributed by atoms with van der Waals surface area (Å²) in [6.07, 6.45) is -2.78. The van der Waals surface area contributed by atoms with E-state index in [4.69, 9.17) is 5.73 Å². The molecule has 0 radical (unpaired) electrons. The molecule has 0 aliphatic rings. The molecule has 1 heterocycles. The smallest absolute Gasteiger partial charge is 0.310 e. The molecule has 94 valence electrons. The summed E-state index contributed by atoms with van der Waals surface area (Å²) in [5, 5.41) is 0.240. The summed E-state index contributed by atoms with van der Waals surface area (Å²) in [4.78, 5) is 14.9. The lowest BCUT2D eigenvalue weighted by Crippen LogP contribution is -2.11. The Labute approximate surface area is 105 Å². The average Bonchev–Trinajstić information content (AvgIpc) is 2.30. The Morgan fingerprint density at radius 1 is 1.65 bits per heavy atom. The summed E-state index contributed by atoms with van der Waals surface area (Å²) in [7, 11) is 1.24. The van der Waals surface area contributed by atoms with Crippen LogP contribution in [0, 0.1) is 0 Å². The zero-order valence-electron chi connectivity index (χ0n) is 9.04. The van der Waals surface area contributed by atoms with Crippen molar-refractivity contribution >= 4 is 27.6 Å². The number of nitrogens with zero attached hydrogens (tertiary/aromatic N) is 1. The molecular weight excluding hydrogens is 298 g/mol. The van der Waals surface area contributed by atoms with Crippen LogP contribution in [0.1, 0.15) is 23.4 Å². The first kappa shape index (κ1) is 13.8. The number of pyridine rings is 1. The van der Waals surface area contributed by atoms with Gasteiger partial charge in [-0.1, -0.05) is 15.9 Å². The van der Waals surface area contributed by atoms with Gasteiger partial charge in [-0.3, -0.25) is 9.78 Å². The van der Waals surface area contributed by atoms with Gasteiger partial charge in [-0.05, 0) is 6.07 Å². The fourth-order valence-corrected chi connectivity index (χ4v) is 1.78. The van der Waals surface area contributed by atoms with E-state index in [9.17, 15) is 13.6 Å². The van der Waals surface area contributed by atoms with E-state index in [0.29, 0.717) is 11.3 Å². The van der Waals surface area contributed by atoms with Gasteiger partial charge in [0.2, 0.25) is 0 Å². The number of halogens is 3. The van der Waals surface area contributed by atoms with Crippen LogP contribution in [0.3, 0.4) is 0 Å². The molecule has 0 amide bonds. The number of aromatic nitrogens is 1. The number of nitrogen functional groups attached to an aromatic ring is 1. The van der Waals surface area contributed by atoms with Crippen molar-refractivity contribution in [3.8, 4) is 0 Å². The lowest BCUT2D eigenvalue weighted by Gasteiger charge is -2.11. The van der Waals surface area contributed by atoms with Gasteiger partial charge in [0.15, 0.2) is 0 Å². The van der Waals surface area contributed by atoms with Gasteiger partial charge < -0.3 is 10.5 Å². The van der Waals surface area contributed by atoms with E-state index in [2.05, 4.69) is 25.7 Å². The van der Waals surface area contributed by atoms with Gasteiger partial charge in [0, 0.05) is 16.6 Å². The number of alkyl halides is 3. The van der Waals surface area contributed by atoms with Crippen LogP contribution in [0.15, 0.2) is 6.07 Å². The first-order chi connectivity index (χ1) is 7.99. The highest BCUT2D eigenvalue weighted by Crippen LogP contribution is 2.25. The van der Waals surface area contributed by atoms with E-state index in [1.54, 1.807) is 0 Å². The molecular formula is C10H11BrF2N2O2. The maximum absolute atomic E-state index is 12.5. The van der Waals surface area contributed by atoms with E-state index in [-0.39, 0.29) is 17.4 Å². The molecule has 1 rings (SSSR count). The van der Waals surface area contributed by atoms with Gasteiger partial charge in [0.1, 0.15) is 5.69 Å². The standard InChI is InChI=1S/C10H11BrF2N2O2/c1-17-9(16)2-5-6(14)3-7(10(12)13)15-8(5)4-11/h3,10H,2,4H2,1H3,(H2,14,15). The summed E-state index contributed by atoms with van der Waals surface area (Å²) in [5.41, 5.74) is 6.10. The molecule has 1 aromatic rings. The second-order valence-electron chi connectivity index (χ2n) is 3.25. The zero-order chi connectivity index (χ0) is 13.0. The van der Waals surface area contributed by atoms with Crippen molar-refractivity contribution in [1.29, 1.82) is 0 Å². The number of methoxy groups -OCH3 is 1. The van der Waals surface area contributed by atoms with E-state index in [0.717, 1.165) is 6.07 Å². The maximum atomic E-state index is 12.5. The Kier molecular flexibility index (Phi) is 4.80. The molecule has 0 atom stereocenters. The largest absolute Gasteiger partial charge is 0.469 e. The summed E-state index contributed by atoms with van der Waals surface area (Å²) < 4.78 is 29.5. The number of rotatable bonds is 4. The molecule has 2 N–H and O–H groups in total. The number of hydrogen-bond donors (Lipinski definition) is 1. The number of hydrogen-bond acceptors (Lipinski definition) is 4. The summed E-state index contributed by atoms with van der Waals surface area (Å²) >= 11 is 3.12. The molecule has 0 saturated heterocycles. The van der Waals surface area contributed by atoms with Crippen molar-refractivity contribution in [2.24, 2.45) is 0 Å². The molecule has 0 aliphatic heterocycles. The number of carbonyl (C=O) groups excluding carboxylic acids is 1. The van der Waals surface area contributed by atoms with Crippen molar-refractivity contribution < 1.29 is 18.3 Å². The topological polar surface area (TPSA) is 65.2 Å². The van der Waals surface area contributed by atoms with Crippen molar-refractivity contribution in [3.63, 3.8) is 0 Å². The maximum Gasteiger partial charge on any atom is 0.310 e. The molecule has 0 saturated carbocycles. The quantitative estimate of drug-likeness (QED) is 0.684. The first-order valence-electron chi connectivity index (χ1n) is 4.68. The van der Waals surface area contributed by atoms with Gasteiger partial charge >= 0.3 is 5.97 Å². The van der Waals surface area contributed by atoms with Crippen LogP contribution in [0.5, 0.6) is 0 Å². The van der Waals surface area contributed by atoms with E-state index >= 15 is 0 Å². The van der Waals surface area contributed by atoms with E-state index < -0.39 is 18.1 Å². The Bertz CT molecular complexity index is 427. The van der Waals surface area contributed by atoms with E-state index in [1.807, 2.05) is 0 Å². The van der Waals surface area contributed by atoms with Gasteiger partial charge in [-0.25, -0.2) is 8.78 Å². The Morgan fingerprint density at radius 3 is 2.76 bits per heavy atom. The minimum atomic E-state index is -2.69. The highest BCUT2D eigenvalue weighted by atomic mass is 79.9. The van der Waals surface area contributed by atoms with Crippen LogP contribution in [0.2, 0.25) is 0 Å². The third-order valence-electron chi connectivity index (χ3n) is 2.16. The minimum absolute atomic E-state index is 0.0835. The van der Waals surface area contributed by atoms with Crippen LogP contribution >= 0.6 is 15.9 Å². The van der Waals surface area contributed by atoms with E-state index in [1.165, 1.54) is 7.11 Å². The third-order valence-corrected chi connectivity index (χ3v) is 2.69. The van der Waals surface area contributed by atoms with Crippen LogP contribution in [0.4, 0.5) is 14.5 Å². The second kappa shape index (κ2) is 5.90. The normalized spacial score (nSPS) is 10.6. The predicted molar refractivity (Wildman–Crippen MR) is 62.0 cm³/mol. The molecule has 0 aromatic carbocycles. The summed E-state index contributed by atoms with van der Waals surface area (Å²) in [6, 6.07) is 1.08. The summed E-state index contributed by atoms with van der Waals surface area (Å²) in [5.74, 6) is -0.495. The zero-order valence-corrected chi connectivity index (χ0v) is 10.6. The van der Waals surface area contributed by atoms with Crippen molar-refractivity contribution in [2.75, 3.05) is 12.8 Å². The van der Waals surface area contributed by atoms with Gasteiger partial charge in [0.05, 0.1) is 19.2 Å². The second-order valence-corrected chi connectivity index (χ2v) is 3.81. The number of ether oxygens (including phenoxy) is 1. The van der Waals surface area contributed by atoms with Crippen LogP contribution in [0.25, 0.3) is 0 Å². The molecule has 17 heavy (non-hydrogen) atoms. The molecule has 7 heteroatoms. The number of nitrogens with two attached hydrogens (primary N) is 1. The van der Waals surface area contributed by atoms with Crippen molar-refractivity contribution in [1.82, 2.24) is 4.98 Å². The van der Waals surface area contributed by atoms with Crippen LogP contribution in [-0.2, 0) is 21.3 Å². The lowest BCUT2D eigenvalue weighted by atomic mass is 10.1. The Hall–Kier alpha value is -1.24. The summed E-state index contributed by atoms with van der Waals surface area (Å²) in [6.45, 7) is 0. The molecule has 4 nitrogen and oxygen atoms in total. The van der Waals surface area contributed by atoms with Gasteiger partial charge in [-0.2, -0.15) is 0 Å². The van der Waals surface area contributed by atoms with Crippen LogP contribution in [-0.4, -0.2) is 18.1 Å². The Morgan fingerprint density at radius 2 is 2.29 bits per heavy atom. The number of carbonyl (C=O) groups is 1. The lowest BCUT2D eigenvalue weighted by molar-refractivity contribution is -0.139. The molecule has 0 spiro atoms. The monoisotopic (exact) mass is 308 g/mol. The number of esters is 1. The molecule has 0 bridgehead atoms.